The Hall–Kier alpha value is -0.900. The maximum atomic E-state index is 10.1. The van der Waals surface area contributed by atoms with Gasteiger partial charge in [-0.1, -0.05) is 30.3 Å². The Labute approximate surface area is 104 Å². The maximum absolute atomic E-state index is 10.1. The normalized spacial score (nSPS) is 20.4. The van der Waals surface area contributed by atoms with Crippen LogP contribution in [0.2, 0.25) is 0 Å². The van der Waals surface area contributed by atoms with Gasteiger partial charge in [-0.05, 0) is 19.0 Å². The average molecular weight is 234 g/mol. The Bertz CT molecular complexity index is 320. The van der Waals surface area contributed by atoms with E-state index in [1.165, 1.54) is 5.56 Å². The zero-order valence-corrected chi connectivity index (χ0v) is 10.5. The Morgan fingerprint density at radius 1 is 1.12 bits per heavy atom. The quantitative estimate of drug-likeness (QED) is 0.836. The van der Waals surface area contributed by atoms with E-state index >= 15 is 0 Å². The van der Waals surface area contributed by atoms with Gasteiger partial charge in [0.15, 0.2) is 0 Å². The summed E-state index contributed by atoms with van der Waals surface area (Å²) < 4.78 is 0. The SMILES string of the molecule is CN1CCN(CC(O)Cc2ccccc2)CC1. The van der Waals surface area contributed by atoms with Gasteiger partial charge in [0.2, 0.25) is 0 Å². The lowest BCUT2D eigenvalue weighted by atomic mass is 10.1. The molecule has 0 amide bonds. The summed E-state index contributed by atoms with van der Waals surface area (Å²) in [5.74, 6) is 0. The molecule has 1 heterocycles. The van der Waals surface area contributed by atoms with Gasteiger partial charge < -0.3 is 10.0 Å². The summed E-state index contributed by atoms with van der Waals surface area (Å²) in [5.41, 5.74) is 1.22. The molecule has 1 atom stereocenters. The van der Waals surface area contributed by atoms with Crippen LogP contribution in [0, 0.1) is 0 Å². The van der Waals surface area contributed by atoms with Gasteiger partial charge in [-0.15, -0.1) is 0 Å². The number of hydrogen-bond acceptors (Lipinski definition) is 3. The Morgan fingerprint density at radius 3 is 2.41 bits per heavy atom. The van der Waals surface area contributed by atoms with Gasteiger partial charge >= 0.3 is 0 Å². The fourth-order valence-corrected chi connectivity index (χ4v) is 2.28. The zero-order valence-electron chi connectivity index (χ0n) is 10.5. The summed E-state index contributed by atoms with van der Waals surface area (Å²) >= 11 is 0. The molecule has 0 spiro atoms. The monoisotopic (exact) mass is 234 g/mol. The second-order valence-corrected chi connectivity index (χ2v) is 4.95. The molecule has 0 aliphatic carbocycles. The number of aliphatic hydroxyl groups excluding tert-OH is 1. The van der Waals surface area contributed by atoms with Gasteiger partial charge in [-0.25, -0.2) is 0 Å². The van der Waals surface area contributed by atoms with Crippen LogP contribution in [0.1, 0.15) is 5.56 Å². The molecule has 94 valence electrons. The number of rotatable bonds is 4. The third kappa shape index (κ3) is 4.11. The first-order valence-corrected chi connectivity index (χ1v) is 6.37. The number of nitrogens with zero attached hydrogens (tertiary/aromatic N) is 2. The van der Waals surface area contributed by atoms with Crippen LogP contribution in [0.5, 0.6) is 0 Å². The predicted molar refractivity (Wildman–Crippen MR) is 70.1 cm³/mol. The van der Waals surface area contributed by atoms with E-state index in [9.17, 15) is 5.11 Å². The van der Waals surface area contributed by atoms with Gasteiger partial charge in [0.05, 0.1) is 6.10 Å². The van der Waals surface area contributed by atoms with Crippen LogP contribution in [0.25, 0.3) is 0 Å². The molecule has 2 rings (SSSR count). The van der Waals surface area contributed by atoms with Crippen molar-refractivity contribution in [2.24, 2.45) is 0 Å². The highest BCUT2D eigenvalue weighted by atomic mass is 16.3. The summed E-state index contributed by atoms with van der Waals surface area (Å²) in [6.45, 7) is 5.16. The molecule has 3 nitrogen and oxygen atoms in total. The van der Waals surface area contributed by atoms with Crippen molar-refractivity contribution in [3.63, 3.8) is 0 Å². The van der Waals surface area contributed by atoms with Crippen molar-refractivity contribution < 1.29 is 5.11 Å². The molecule has 0 saturated carbocycles. The Kier molecular flexibility index (Phi) is 4.54. The van der Waals surface area contributed by atoms with E-state index in [4.69, 9.17) is 0 Å². The summed E-state index contributed by atoms with van der Waals surface area (Å²) in [7, 11) is 2.15. The van der Waals surface area contributed by atoms with Crippen molar-refractivity contribution >= 4 is 0 Å². The van der Waals surface area contributed by atoms with Gasteiger partial charge in [0.25, 0.3) is 0 Å². The molecule has 0 radical (unpaired) electrons. The van der Waals surface area contributed by atoms with Crippen LogP contribution in [0.3, 0.4) is 0 Å². The third-order valence-corrected chi connectivity index (χ3v) is 3.38. The van der Waals surface area contributed by atoms with Crippen LogP contribution in [0.4, 0.5) is 0 Å². The molecule has 1 N–H and O–H groups in total. The first kappa shape index (κ1) is 12.6. The lowest BCUT2D eigenvalue weighted by Gasteiger charge is -2.33. The van der Waals surface area contributed by atoms with Gasteiger partial charge in [0.1, 0.15) is 0 Å². The Morgan fingerprint density at radius 2 is 1.76 bits per heavy atom. The van der Waals surface area contributed by atoms with Crippen molar-refractivity contribution in [1.82, 2.24) is 9.80 Å². The van der Waals surface area contributed by atoms with Gasteiger partial charge in [-0.3, -0.25) is 4.90 Å². The first-order chi connectivity index (χ1) is 8.24. The van der Waals surface area contributed by atoms with Crippen molar-refractivity contribution in [1.29, 1.82) is 0 Å². The van der Waals surface area contributed by atoms with Gasteiger partial charge in [0, 0.05) is 32.7 Å². The second kappa shape index (κ2) is 6.15. The minimum atomic E-state index is -0.249. The smallest absolute Gasteiger partial charge is 0.0707 e. The molecular formula is C14H22N2O. The van der Waals surface area contributed by atoms with E-state index in [2.05, 4.69) is 29.0 Å². The van der Waals surface area contributed by atoms with Crippen molar-refractivity contribution in [2.75, 3.05) is 39.8 Å². The number of aliphatic hydroxyl groups is 1. The van der Waals surface area contributed by atoms with E-state index in [1.807, 2.05) is 18.2 Å². The minimum absolute atomic E-state index is 0.249. The molecule has 1 fully saturated rings. The van der Waals surface area contributed by atoms with E-state index < -0.39 is 0 Å². The highest BCUT2D eigenvalue weighted by molar-refractivity contribution is 5.15. The van der Waals surface area contributed by atoms with E-state index in [0.29, 0.717) is 0 Å². The molecule has 1 saturated heterocycles. The highest BCUT2D eigenvalue weighted by Crippen LogP contribution is 2.06. The molecule has 1 aliphatic heterocycles. The maximum Gasteiger partial charge on any atom is 0.0707 e. The van der Waals surface area contributed by atoms with Crippen LogP contribution in [-0.2, 0) is 6.42 Å². The molecule has 1 aromatic carbocycles. The van der Waals surface area contributed by atoms with Gasteiger partial charge in [-0.2, -0.15) is 0 Å². The fraction of sp³-hybridized carbons (Fsp3) is 0.571. The topological polar surface area (TPSA) is 26.7 Å². The summed E-state index contributed by atoms with van der Waals surface area (Å²) in [4.78, 5) is 4.69. The molecule has 0 aromatic heterocycles. The molecule has 17 heavy (non-hydrogen) atoms. The van der Waals surface area contributed by atoms with Crippen LogP contribution in [-0.4, -0.2) is 60.8 Å². The molecule has 1 aliphatic rings. The van der Waals surface area contributed by atoms with E-state index in [-0.39, 0.29) is 6.10 Å². The largest absolute Gasteiger partial charge is 0.391 e. The summed E-state index contributed by atoms with van der Waals surface area (Å²) in [5, 5.41) is 10.1. The van der Waals surface area contributed by atoms with E-state index in [0.717, 1.165) is 39.1 Å². The van der Waals surface area contributed by atoms with Crippen LogP contribution in [0.15, 0.2) is 30.3 Å². The minimum Gasteiger partial charge on any atom is -0.391 e. The van der Waals surface area contributed by atoms with Crippen LogP contribution >= 0.6 is 0 Å². The summed E-state index contributed by atoms with van der Waals surface area (Å²) in [6.07, 6.45) is 0.508. The number of benzene rings is 1. The first-order valence-electron chi connectivity index (χ1n) is 6.37. The molecular weight excluding hydrogens is 212 g/mol. The predicted octanol–water partition coefficient (Wildman–Crippen LogP) is 0.837. The van der Waals surface area contributed by atoms with Crippen LogP contribution < -0.4 is 0 Å². The fourth-order valence-electron chi connectivity index (χ4n) is 2.28. The average Bonchev–Trinajstić information content (AvgIpc) is 2.33. The van der Waals surface area contributed by atoms with E-state index in [1.54, 1.807) is 0 Å². The molecule has 0 bridgehead atoms. The lowest BCUT2D eigenvalue weighted by molar-refractivity contribution is 0.0807. The number of β-amino-alcohol motifs (C(OH)–C–C–N with tert-alkyl or cyclic N) is 1. The Balaban J connectivity index is 1.76. The van der Waals surface area contributed by atoms with Crippen molar-refractivity contribution in [3.05, 3.63) is 35.9 Å². The van der Waals surface area contributed by atoms with Crippen molar-refractivity contribution in [3.8, 4) is 0 Å². The highest BCUT2D eigenvalue weighted by Gasteiger charge is 2.16. The molecule has 1 aromatic rings. The molecule has 3 heteroatoms. The lowest BCUT2D eigenvalue weighted by Crippen LogP contribution is -2.47. The zero-order chi connectivity index (χ0) is 12.1. The summed E-state index contributed by atoms with van der Waals surface area (Å²) in [6, 6.07) is 10.2. The second-order valence-electron chi connectivity index (χ2n) is 4.95. The van der Waals surface area contributed by atoms with Crippen molar-refractivity contribution in [2.45, 2.75) is 12.5 Å². The standard InChI is InChI=1S/C14H22N2O/c1-15-7-9-16(10-8-15)12-14(17)11-13-5-3-2-4-6-13/h2-6,14,17H,7-12H2,1H3. The molecule has 1 unspecified atom stereocenters. The number of likely N-dealkylation sites (N-methyl/N-ethyl adjacent to an activating group) is 1. The number of piperazine rings is 1. The number of hydrogen-bond donors (Lipinski definition) is 1. The third-order valence-electron chi connectivity index (χ3n) is 3.38.